The number of methoxy groups -OCH3 is 1. The molecule has 0 saturated carbocycles. The molecule has 0 aliphatic carbocycles. The Balaban J connectivity index is 2.01. The maximum Gasteiger partial charge on any atom is 0.254 e. The number of thiophene rings is 1. The molecule has 3 rings (SSSR count). The number of hydrogen-bond donors (Lipinski definition) is 1. The van der Waals surface area contributed by atoms with E-state index in [9.17, 15) is 9.59 Å². The highest BCUT2D eigenvalue weighted by Gasteiger charge is 2.44. The van der Waals surface area contributed by atoms with Crippen LogP contribution in [0, 0.1) is 5.92 Å². The second-order valence-electron chi connectivity index (χ2n) is 7.49. The number of rotatable bonds is 8. The predicted octanol–water partition coefficient (Wildman–Crippen LogP) is 3.84. The summed E-state index contributed by atoms with van der Waals surface area (Å²) in [4.78, 5) is 29.4. The van der Waals surface area contributed by atoms with E-state index in [-0.39, 0.29) is 17.9 Å². The molecule has 0 fully saturated rings. The summed E-state index contributed by atoms with van der Waals surface area (Å²) in [5, 5.41) is 5.09. The van der Waals surface area contributed by atoms with E-state index >= 15 is 0 Å². The van der Waals surface area contributed by atoms with Crippen molar-refractivity contribution < 1.29 is 14.3 Å². The SMILES string of the molecule is COCCN1C(=O)c2ccccc2[C@H](C(=O)NCCC(C)C)[C@@H]1c1cccs1. The van der Waals surface area contributed by atoms with Crippen LogP contribution in [0.1, 0.15) is 53.0 Å². The number of benzene rings is 1. The summed E-state index contributed by atoms with van der Waals surface area (Å²) in [6, 6.07) is 11.1. The fourth-order valence-corrected chi connectivity index (χ4v) is 4.55. The van der Waals surface area contributed by atoms with Crippen LogP contribution >= 0.6 is 11.3 Å². The van der Waals surface area contributed by atoms with Crippen LogP contribution in [0.5, 0.6) is 0 Å². The smallest absolute Gasteiger partial charge is 0.254 e. The summed E-state index contributed by atoms with van der Waals surface area (Å²) in [7, 11) is 1.62. The Bertz CT molecular complexity index is 804. The van der Waals surface area contributed by atoms with Crippen LogP contribution in [0.2, 0.25) is 0 Å². The average Bonchev–Trinajstić information content (AvgIpc) is 3.21. The van der Waals surface area contributed by atoms with E-state index in [1.807, 2.05) is 41.8 Å². The van der Waals surface area contributed by atoms with E-state index in [0.29, 0.717) is 31.2 Å². The molecule has 2 atom stereocenters. The predicted molar refractivity (Wildman–Crippen MR) is 112 cm³/mol. The molecule has 1 aliphatic heterocycles. The van der Waals surface area contributed by atoms with Crippen LogP contribution in [0.25, 0.3) is 0 Å². The van der Waals surface area contributed by atoms with Gasteiger partial charge in [0.25, 0.3) is 5.91 Å². The first kappa shape index (κ1) is 20.6. The number of carbonyl (C=O) groups is 2. The monoisotopic (exact) mass is 400 g/mol. The molecule has 1 aliphatic rings. The van der Waals surface area contributed by atoms with Gasteiger partial charge in [-0.15, -0.1) is 11.3 Å². The van der Waals surface area contributed by atoms with E-state index in [1.54, 1.807) is 23.3 Å². The molecule has 2 heterocycles. The zero-order valence-corrected chi connectivity index (χ0v) is 17.5. The molecule has 0 radical (unpaired) electrons. The van der Waals surface area contributed by atoms with Gasteiger partial charge in [0.15, 0.2) is 0 Å². The van der Waals surface area contributed by atoms with Gasteiger partial charge >= 0.3 is 0 Å². The molecule has 2 aromatic rings. The summed E-state index contributed by atoms with van der Waals surface area (Å²) >= 11 is 1.58. The van der Waals surface area contributed by atoms with Gasteiger partial charge in [-0.05, 0) is 35.4 Å². The van der Waals surface area contributed by atoms with Crippen molar-refractivity contribution in [2.24, 2.45) is 5.92 Å². The highest BCUT2D eigenvalue weighted by atomic mass is 32.1. The van der Waals surface area contributed by atoms with Gasteiger partial charge in [-0.2, -0.15) is 0 Å². The third kappa shape index (κ3) is 4.28. The zero-order valence-electron chi connectivity index (χ0n) is 16.7. The highest BCUT2D eigenvalue weighted by Crippen LogP contribution is 2.44. The molecule has 0 unspecified atom stereocenters. The number of carbonyl (C=O) groups excluding carboxylic acids is 2. The maximum atomic E-state index is 13.3. The van der Waals surface area contributed by atoms with Crippen LogP contribution < -0.4 is 5.32 Å². The summed E-state index contributed by atoms with van der Waals surface area (Å²) in [6.45, 7) is 5.79. The minimum Gasteiger partial charge on any atom is -0.383 e. The quantitative estimate of drug-likeness (QED) is 0.732. The molecule has 2 amide bonds. The molecular formula is C22H28N2O3S. The van der Waals surface area contributed by atoms with E-state index in [0.717, 1.165) is 16.9 Å². The Kier molecular flexibility index (Phi) is 6.86. The fourth-order valence-electron chi connectivity index (χ4n) is 3.68. The summed E-state index contributed by atoms with van der Waals surface area (Å²) < 4.78 is 5.24. The number of ether oxygens (including phenoxy) is 1. The first-order chi connectivity index (χ1) is 13.5. The minimum atomic E-state index is -0.434. The van der Waals surface area contributed by atoms with Gasteiger partial charge in [0.1, 0.15) is 0 Å². The Hall–Kier alpha value is -2.18. The van der Waals surface area contributed by atoms with E-state index in [4.69, 9.17) is 4.74 Å². The van der Waals surface area contributed by atoms with Crippen molar-refractivity contribution in [1.82, 2.24) is 10.2 Å². The molecule has 1 N–H and O–H groups in total. The average molecular weight is 401 g/mol. The first-order valence-corrected chi connectivity index (χ1v) is 10.6. The molecule has 1 aromatic carbocycles. The van der Waals surface area contributed by atoms with E-state index in [2.05, 4.69) is 19.2 Å². The van der Waals surface area contributed by atoms with Gasteiger partial charge in [0.2, 0.25) is 5.91 Å². The fraction of sp³-hybridized carbons (Fsp3) is 0.455. The normalized spacial score (nSPS) is 19.0. The molecule has 0 bridgehead atoms. The third-order valence-corrected chi connectivity index (χ3v) is 6.06. The van der Waals surface area contributed by atoms with Crippen LogP contribution in [0.3, 0.4) is 0 Å². The number of nitrogens with one attached hydrogen (secondary N) is 1. The molecule has 0 spiro atoms. The van der Waals surface area contributed by atoms with Crippen molar-refractivity contribution in [3.8, 4) is 0 Å². The number of hydrogen-bond acceptors (Lipinski definition) is 4. The lowest BCUT2D eigenvalue weighted by Gasteiger charge is -2.41. The zero-order chi connectivity index (χ0) is 20.1. The lowest BCUT2D eigenvalue weighted by atomic mass is 9.81. The Morgan fingerprint density at radius 1 is 1.25 bits per heavy atom. The molecule has 6 heteroatoms. The second-order valence-corrected chi connectivity index (χ2v) is 8.47. The minimum absolute atomic E-state index is 0.0265. The molecule has 150 valence electrons. The van der Waals surface area contributed by atoms with E-state index in [1.165, 1.54) is 0 Å². The number of nitrogens with zero attached hydrogens (tertiary/aromatic N) is 1. The largest absolute Gasteiger partial charge is 0.383 e. The molecular weight excluding hydrogens is 372 g/mol. The number of amides is 2. The van der Waals surface area contributed by atoms with Crippen LogP contribution in [0.4, 0.5) is 0 Å². The highest BCUT2D eigenvalue weighted by molar-refractivity contribution is 7.10. The van der Waals surface area contributed by atoms with Gasteiger partial charge < -0.3 is 15.0 Å². The summed E-state index contributed by atoms with van der Waals surface area (Å²) in [6.07, 6.45) is 0.927. The Labute approximate surface area is 170 Å². The van der Waals surface area contributed by atoms with Crippen molar-refractivity contribution >= 4 is 23.2 Å². The lowest BCUT2D eigenvalue weighted by Crippen LogP contribution is -2.48. The van der Waals surface area contributed by atoms with Gasteiger partial charge in [0, 0.05) is 30.6 Å². The second kappa shape index (κ2) is 9.34. The van der Waals surface area contributed by atoms with E-state index < -0.39 is 5.92 Å². The summed E-state index contributed by atoms with van der Waals surface area (Å²) in [5.41, 5.74) is 1.41. The molecule has 1 aromatic heterocycles. The van der Waals surface area contributed by atoms with Gasteiger partial charge in [0.05, 0.1) is 18.6 Å². The number of fused-ring (bicyclic) bond motifs is 1. The standard InChI is InChI=1S/C22H28N2O3S/c1-15(2)10-11-23-21(25)19-16-7-4-5-8-17(16)22(26)24(12-13-27-3)20(19)18-9-6-14-28-18/h4-9,14-15,19-20H,10-13H2,1-3H3,(H,23,25)/t19-,20-/m0/s1. The van der Waals surface area contributed by atoms with Crippen molar-refractivity contribution in [3.63, 3.8) is 0 Å². The summed E-state index contributed by atoms with van der Waals surface area (Å²) in [5.74, 6) is 0.0158. The molecule has 28 heavy (non-hydrogen) atoms. The van der Waals surface area contributed by atoms with Gasteiger partial charge in [-0.25, -0.2) is 0 Å². The third-order valence-electron chi connectivity index (χ3n) is 5.11. The van der Waals surface area contributed by atoms with Crippen molar-refractivity contribution in [1.29, 1.82) is 0 Å². The Morgan fingerprint density at radius 3 is 2.71 bits per heavy atom. The van der Waals surface area contributed by atoms with Gasteiger partial charge in [-0.3, -0.25) is 9.59 Å². The van der Waals surface area contributed by atoms with Crippen molar-refractivity contribution in [2.45, 2.75) is 32.2 Å². The van der Waals surface area contributed by atoms with Crippen LogP contribution in [0.15, 0.2) is 41.8 Å². The van der Waals surface area contributed by atoms with Crippen LogP contribution in [-0.2, 0) is 9.53 Å². The lowest BCUT2D eigenvalue weighted by molar-refractivity contribution is -0.124. The first-order valence-electron chi connectivity index (χ1n) is 9.74. The van der Waals surface area contributed by atoms with Gasteiger partial charge in [-0.1, -0.05) is 38.1 Å². The topological polar surface area (TPSA) is 58.6 Å². The van der Waals surface area contributed by atoms with Crippen LogP contribution in [-0.4, -0.2) is 43.5 Å². The molecule has 0 saturated heterocycles. The molecule has 5 nitrogen and oxygen atoms in total. The Morgan fingerprint density at radius 2 is 2.04 bits per heavy atom. The maximum absolute atomic E-state index is 13.3. The van der Waals surface area contributed by atoms with Crippen molar-refractivity contribution in [3.05, 3.63) is 57.8 Å². The van der Waals surface area contributed by atoms with Crippen molar-refractivity contribution in [2.75, 3.05) is 26.8 Å².